The van der Waals surface area contributed by atoms with Crippen molar-refractivity contribution in [1.29, 1.82) is 0 Å². The van der Waals surface area contributed by atoms with E-state index in [2.05, 4.69) is 121 Å². The van der Waals surface area contributed by atoms with Crippen molar-refractivity contribution < 1.29 is 24.8 Å². The van der Waals surface area contributed by atoms with Gasteiger partial charge < -0.3 is 24.8 Å². The van der Waals surface area contributed by atoms with E-state index in [-0.39, 0.29) is 39.0 Å². The van der Waals surface area contributed by atoms with Crippen molar-refractivity contribution in [2.75, 3.05) is 13.2 Å². The van der Waals surface area contributed by atoms with Crippen LogP contribution in [0.25, 0.3) is 0 Å². The summed E-state index contributed by atoms with van der Waals surface area (Å²) < 4.78 is 11.9. The van der Waals surface area contributed by atoms with Crippen molar-refractivity contribution >= 4 is 23.5 Å². The molecule has 7 heteroatoms. The Morgan fingerprint density at radius 1 is 0.674 bits per heavy atom. The second kappa shape index (κ2) is 12.4. The van der Waals surface area contributed by atoms with Crippen LogP contribution in [0.4, 0.5) is 0 Å². The van der Waals surface area contributed by atoms with E-state index in [0.29, 0.717) is 5.75 Å². The molecule has 0 bridgehead atoms. The van der Waals surface area contributed by atoms with Crippen molar-refractivity contribution in [3.63, 3.8) is 0 Å². The average molecular weight is 633 g/mol. The molecule has 0 radical (unpaired) electrons. The van der Waals surface area contributed by atoms with Gasteiger partial charge in [-0.2, -0.15) is 0 Å². The number of thioether (sulfide) groups is 2. The lowest BCUT2D eigenvalue weighted by Gasteiger charge is -2.33. The Morgan fingerprint density at radius 2 is 1.05 bits per heavy atom. The van der Waals surface area contributed by atoms with Crippen LogP contribution in [0.2, 0.25) is 0 Å². The Labute approximate surface area is 269 Å². The average Bonchev–Trinajstić information content (AvgIpc) is 3.13. The van der Waals surface area contributed by atoms with E-state index in [1.54, 1.807) is 0 Å². The number of hydrogen-bond donors (Lipinski definition) is 3. The first-order chi connectivity index (χ1) is 19.3. The molecule has 242 valence electrons. The van der Waals surface area contributed by atoms with E-state index in [0.717, 1.165) is 37.8 Å². The number of ether oxygens (including phenoxy) is 2. The number of rotatable bonds is 7. The lowest BCUT2D eigenvalue weighted by molar-refractivity contribution is -0.000733. The largest absolute Gasteiger partial charge is 0.507 e. The van der Waals surface area contributed by atoms with Gasteiger partial charge in [0.05, 0.1) is 10.7 Å². The zero-order valence-corrected chi connectivity index (χ0v) is 30.6. The van der Waals surface area contributed by atoms with Crippen LogP contribution in [0.1, 0.15) is 119 Å². The summed E-state index contributed by atoms with van der Waals surface area (Å²) in [4.78, 5) is 2.31. The summed E-state index contributed by atoms with van der Waals surface area (Å²) in [6.07, 6.45) is -2.41. The Balaban J connectivity index is 2.03. The standard InChI is InChI=1S/C36H56O5S2/c1-32(2,3)23-15-21(16-24(29(23)38)33(4,5)6)42-36(13,14)43-22-17-25(34(7,8)9)31(26(18-22)35(10,11)12)41-20-28-30(39)27(37)19-40-28/h15-18,27-28,30,37-39H,19-20H2,1-14H3/t27-,28?,30-/m1/s1. The minimum atomic E-state index is -0.957. The number of aliphatic hydroxyl groups is 2. The molecule has 0 amide bonds. The molecule has 1 unspecified atom stereocenters. The van der Waals surface area contributed by atoms with Gasteiger partial charge in [0.15, 0.2) is 0 Å². The summed E-state index contributed by atoms with van der Waals surface area (Å²) >= 11 is 3.65. The molecular formula is C36H56O5S2. The van der Waals surface area contributed by atoms with E-state index < -0.39 is 18.3 Å². The number of aromatic hydroxyl groups is 1. The highest BCUT2D eigenvalue weighted by Crippen LogP contribution is 2.51. The maximum Gasteiger partial charge on any atom is 0.126 e. The second-order valence-corrected chi connectivity index (χ2v) is 20.2. The van der Waals surface area contributed by atoms with Gasteiger partial charge in [0, 0.05) is 32.0 Å². The summed E-state index contributed by atoms with van der Waals surface area (Å²) in [7, 11) is 0. The molecule has 3 N–H and O–H groups in total. The zero-order chi connectivity index (χ0) is 32.9. The molecule has 1 aliphatic heterocycles. The van der Waals surface area contributed by atoms with Crippen LogP contribution in [-0.2, 0) is 26.4 Å². The molecule has 1 fully saturated rings. The third-order valence-electron chi connectivity index (χ3n) is 7.75. The molecule has 3 atom stereocenters. The number of phenolic OH excluding ortho intramolecular Hbond substituents is 1. The second-order valence-electron chi connectivity index (χ2n) is 16.6. The molecule has 43 heavy (non-hydrogen) atoms. The third kappa shape index (κ3) is 8.88. The monoisotopic (exact) mass is 632 g/mol. The van der Waals surface area contributed by atoms with Gasteiger partial charge in [-0.15, -0.1) is 23.5 Å². The Bertz CT molecular complexity index is 1220. The normalized spacial score (nSPS) is 20.5. The molecule has 5 nitrogen and oxygen atoms in total. The van der Waals surface area contributed by atoms with Gasteiger partial charge in [0.1, 0.15) is 36.4 Å². The van der Waals surface area contributed by atoms with Crippen LogP contribution in [-0.4, -0.2) is 50.9 Å². The molecule has 1 heterocycles. The van der Waals surface area contributed by atoms with E-state index in [1.807, 2.05) is 23.5 Å². The number of hydrogen-bond acceptors (Lipinski definition) is 7. The molecule has 0 aliphatic carbocycles. The summed E-state index contributed by atoms with van der Waals surface area (Å²) in [5.41, 5.74) is 3.38. The molecule has 0 spiro atoms. The van der Waals surface area contributed by atoms with Crippen LogP contribution in [0.5, 0.6) is 11.5 Å². The van der Waals surface area contributed by atoms with Gasteiger partial charge in [-0.1, -0.05) is 83.1 Å². The smallest absolute Gasteiger partial charge is 0.126 e. The molecular weight excluding hydrogens is 577 g/mol. The van der Waals surface area contributed by atoms with E-state index >= 15 is 0 Å². The predicted molar refractivity (Wildman–Crippen MR) is 182 cm³/mol. The van der Waals surface area contributed by atoms with Crippen LogP contribution >= 0.6 is 23.5 Å². The van der Waals surface area contributed by atoms with Gasteiger partial charge in [0.25, 0.3) is 0 Å². The lowest BCUT2D eigenvalue weighted by atomic mass is 9.79. The lowest BCUT2D eigenvalue weighted by Crippen LogP contribution is -2.34. The van der Waals surface area contributed by atoms with Crippen LogP contribution < -0.4 is 4.74 Å². The summed E-state index contributed by atoms with van der Waals surface area (Å²) in [6, 6.07) is 8.81. The van der Waals surface area contributed by atoms with Gasteiger partial charge in [-0.05, 0) is 59.8 Å². The molecule has 2 aromatic carbocycles. The van der Waals surface area contributed by atoms with Crippen molar-refractivity contribution in [3.8, 4) is 11.5 Å². The Hall–Kier alpha value is -1.38. The van der Waals surface area contributed by atoms with E-state index in [9.17, 15) is 15.3 Å². The van der Waals surface area contributed by atoms with Crippen molar-refractivity contribution in [2.24, 2.45) is 0 Å². The maximum atomic E-state index is 11.2. The van der Waals surface area contributed by atoms with Gasteiger partial charge >= 0.3 is 0 Å². The zero-order valence-electron chi connectivity index (χ0n) is 28.9. The topological polar surface area (TPSA) is 79.2 Å². The highest BCUT2D eigenvalue weighted by molar-refractivity contribution is 8.18. The summed E-state index contributed by atoms with van der Waals surface area (Å²) in [6.45, 7) is 30.9. The minimum Gasteiger partial charge on any atom is -0.507 e. The fourth-order valence-corrected chi connectivity index (χ4v) is 7.90. The molecule has 3 rings (SSSR count). The molecule has 2 aromatic rings. The van der Waals surface area contributed by atoms with Crippen molar-refractivity contribution in [3.05, 3.63) is 46.5 Å². The first kappa shape index (κ1) is 36.1. The highest BCUT2D eigenvalue weighted by atomic mass is 32.2. The van der Waals surface area contributed by atoms with E-state index in [4.69, 9.17) is 9.47 Å². The van der Waals surface area contributed by atoms with Crippen molar-refractivity contribution in [1.82, 2.24) is 0 Å². The summed E-state index contributed by atoms with van der Waals surface area (Å²) in [5.74, 6) is 1.23. The third-order valence-corrected chi connectivity index (χ3v) is 10.2. The van der Waals surface area contributed by atoms with Gasteiger partial charge in [-0.3, -0.25) is 0 Å². The highest BCUT2D eigenvalue weighted by Gasteiger charge is 2.37. The van der Waals surface area contributed by atoms with Gasteiger partial charge in [-0.25, -0.2) is 0 Å². The summed E-state index contributed by atoms with van der Waals surface area (Å²) in [5, 5.41) is 31.5. The number of aliphatic hydroxyl groups excluding tert-OH is 2. The first-order valence-corrected chi connectivity index (χ1v) is 17.0. The Kier molecular flexibility index (Phi) is 10.4. The maximum absolute atomic E-state index is 11.2. The fourth-order valence-electron chi connectivity index (χ4n) is 5.31. The first-order valence-electron chi connectivity index (χ1n) is 15.4. The van der Waals surface area contributed by atoms with E-state index in [1.165, 1.54) is 0 Å². The van der Waals surface area contributed by atoms with Gasteiger partial charge in [0.2, 0.25) is 0 Å². The van der Waals surface area contributed by atoms with Crippen molar-refractivity contribution in [2.45, 2.75) is 151 Å². The molecule has 0 aromatic heterocycles. The van der Waals surface area contributed by atoms with Crippen LogP contribution in [0.3, 0.4) is 0 Å². The Morgan fingerprint density at radius 3 is 1.37 bits per heavy atom. The predicted octanol–water partition coefficient (Wildman–Crippen LogP) is 8.70. The quantitative estimate of drug-likeness (QED) is 0.208. The molecule has 1 saturated heterocycles. The number of benzene rings is 2. The molecule has 0 saturated carbocycles. The fraction of sp³-hybridized carbons (Fsp3) is 0.667. The SMILES string of the molecule is CC(C)(Sc1cc(C(C)(C)C)c(O)c(C(C)(C)C)c1)Sc1cc(C(C)(C)C)c(OCC2OC[C@@H](O)[C@H]2O)c(C(C)(C)C)c1. The van der Waals surface area contributed by atoms with Crippen LogP contribution in [0.15, 0.2) is 34.1 Å². The molecule has 1 aliphatic rings. The number of phenols is 1. The van der Waals surface area contributed by atoms with Crippen LogP contribution in [0, 0.1) is 0 Å². The minimum absolute atomic E-state index is 0.116.